The normalized spacial score (nSPS) is 12.4. The number of carbonyl (C=O) groups excluding carboxylic acids is 1. The van der Waals surface area contributed by atoms with Crippen molar-refractivity contribution in [1.29, 1.82) is 0 Å². The molecule has 142 valence electrons. The second-order valence-corrected chi connectivity index (χ2v) is 6.56. The number of aromatic nitrogens is 1. The molecule has 0 aliphatic carbocycles. The fraction of sp³-hybridized carbons (Fsp3) is 0.143. The maximum absolute atomic E-state index is 13.4. The quantitative estimate of drug-likeness (QED) is 0.660. The van der Waals surface area contributed by atoms with Crippen LogP contribution in [0, 0.1) is 17.5 Å². The molecule has 0 fully saturated rings. The van der Waals surface area contributed by atoms with Crippen molar-refractivity contribution in [2.45, 2.75) is 12.8 Å². The zero-order valence-electron chi connectivity index (χ0n) is 14.7. The van der Waals surface area contributed by atoms with Crippen molar-refractivity contribution in [1.82, 2.24) is 4.98 Å². The first-order valence-corrected chi connectivity index (χ1v) is 8.77. The fourth-order valence-electron chi connectivity index (χ4n) is 3.34. The minimum absolute atomic E-state index is 0.171. The third-order valence-electron chi connectivity index (χ3n) is 4.63. The summed E-state index contributed by atoms with van der Waals surface area (Å²) in [5.74, 6) is -3.90. The zero-order chi connectivity index (χ0) is 19.7. The Morgan fingerprint density at radius 3 is 2.64 bits per heavy atom. The summed E-state index contributed by atoms with van der Waals surface area (Å²) < 4.78 is 39.9. The molecule has 0 bridgehead atoms. The van der Waals surface area contributed by atoms with Crippen molar-refractivity contribution in [2.24, 2.45) is 0 Å². The average Bonchev–Trinajstić information content (AvgIpc) is 3.15. The number of halogens is 3. The van der Waals surface area contributed by atoms with Gasteiger partial charge >= 0.3 is 0 Å². The van der Waals surface area contributed by atoms with E-state index < -0.39 is 17.5 Å². The molecule has 0 saturated carbocycles. The van der Waals surface area contributed by atoms with E-state index in [9.17, 15) is 18.0 Å². The van der Waals surface area contributed by atoms with E-state index in [-0.39, 0.29) is 17.9 Å². The first kappa shape index (κ1) is 18.0. The minimum Gasteiger partial charge on any atom is -0.384 e. The average molecular weight is 383 g/mol. The highest BCUT2D eigenvalue weighted by Gasteiger charge is 2.19. The summed E-state index contributed by atoms with van der Waals surface area (Å²) in [6.45, 7) is 0.790. The molecule has 0 spiro atoms. The molecule has 1 aliphatic heterocycles. The van der Waals surface area contributed by atoms with Gasteiger partial charge in [-0.05, 0) is 65.9 Å². The van der Waals surface area contributed by atoms with E-state index in [1.165, 1.54) is 6.20 Å². The molecule has 4 rings (SSSR count). The van der Waals surface area contributed by atoms with E-state index >= 15 is 0 Å². The number of carbonyl (C=O) groups is 1. The van der Waals surface area contributed by atoms with Crippen LogP contribution in [0.25, 0.3) is 0 Å². The Morgan fingerprint density at radius 2 is 1.86 bits per heavy atom. The Morgan fingerprint density at radius 1 is 1.07 bits per heavy atom. The summed E-state index contributed by atoms with van der Waals surface area (Å²) in [7, 11) is 0. The van der Waals surface area contributed by atoms with E-state index in [4.69, 9.17) is 0 Å². The van der Waals surface area contributed by atoms with Gasteiger partial charge in [0, 0.05) is 24.0 Å². The molecule has 7 heteroatoms. The third-order valence-corrected chi connectivity index (χ3v) is 4.63. The van der Waals surface area contributed by atoms with Gasteiger partial charge in [-0.2, -0.15) is 0 Å². The number of anilines is 2. The molecule has 4 nitrogen and oxygen atoms in total. The van der Waals surface area contributed by atoms with Crippen molar-refractivity contribution >= 4 is 17.4 Å². The van der Waals surface area contributed by atoms with Gasteiger partial charge in [0.05, 0.1) is 0 Å². The molecular weight excluding hydrogens is 367 g/mol. The number of hydrogen-bond acceptors (Lipinski definition) is 3. The van der Waals surface area contributed by atoms with Crippen LogP contribution in [0.2, 0.25) is 0 Å². The van der Waals surface area contributed by atoms with Crippen LogP contribution in [-0.2, 0) is 12.8 Å². The number of nitrogens with zero attached hydrogens (tertiary/aromatic N) is 1. The maximum Gasteiger partial charge on any atom is 0.257 e. The highest BCUT2D eigenvalue weighted by Crippen LogP contribution is 2.26. The number of rotatable bonds is 4. The van der Waals surface area contributed by atoms with Crippen molar-refractivity contribution in [3.63, 3.8) is 0 Å². The molecule has 0 atom stereocenters. The predicted molar refractivity (Wildman–Crippen MR) is 99.9 cm³/mol. The monoisotopic (exact) mass is 383 g/mol. The van der Waals surface area contributed by atoms with Crippen LogP contribution in [-0.4, -0.2) is 17.4 Å². The van der Waals surface area contributed by atoms with Gasteiger partial charge in [-0.15, -0.1) is 0 Å². The van der Waals surface area contributed by atoms with Crippen molar-refractivity contribution in [3.05, 3.63) is 88.4 Å². The van der Waals surface area contributed by atoms with E-state index in [1.54, 1.807) is 18.2 Å². The van der Waals surface area contributed by atoms with Crippen LogP contribution < -0.4 is 10.6 Å². The summed E-state index contributed by atoms with van der Waals surface area (Å²) in [5, 5.41) is 5.99. The molecule has 1 aliphatic rings. The molecule has 0 saturated heterocycles. The molecule has 3 aromatic rings. The minimum atomic E-state index is -1.49. The molecular formula is C21H16F3N3O. The lowest BCUT2D eigenvalue weighted by atomic mass is 10.0. The van der Waals surface area contributed by atoms with Crippen LogP contribution in [0.3, 0.4) is 0 Å². The molecule has 2 N–H and O–H groups in total. The lowest BCUT2D eigenvalue weighted by Crippen LogP contribution is -2.15. The smallest absolute Gasteiger partial charge is 0.257 e. The number of benzene rings is 2. The molecule has 1 amide bonds. The highest BCUT2D eigenvalue weighted by molar-refractivity contribution is 6.06. The molecule has 2 heterocycles. The summed E-state index contributed by atoms with van der Waals surface area (Å²) in [6.07, 6.45) is 2.44. The van der Waals surface area contributed by atoms with Gasteiger partial charge in [-0.25, -0.2) is 18.2 Å². The van der Waals surface area contributed by atoms with E-state index in [0.717, 1.165) is 36.3 Å². The number of nitrogens with one attached hydrogen (secondary N) is 2. The Balaban J connectivity index is 1.53. The van der Waals surface area contributed by atoms with Gasteiger partial charge in [0.2, 0.25) is 0 Å². The number of fused-ring (bicyclic) bond motifs is 1. The van der Waals surface area contributed by atoms with Gasteiger partial charge in [0.15, 0.2) is 17.5 Å². The molecule has 0 unspecified atom stereocenters. The van der Waals surface area contributed by atoms with E-state index in [0.29, 0.717) is 16.9 Å². The Kier molecular flexibility index (Phi) is 4.73. The summed E-state index contributed by atoms with van der Waals surface area (Å²) >= 11 is 0. The van der Waals surface area contributed by atoms with E-state index in [1.807, 2.05) is 12.1 Å². The van der Waals surface area contributed by atoms with Gasteiger partial charge in [-0.1, -0.05) is 6.07 Å². The largest absolute Gasteiger partial charge is 0.384 e. The van der Waals surface area contributed by atoms with Crippen LogP contribution >= 0.6 is 0 Å². The lowest BCUT2D eigenvalue weighted by Gasteiger charge is -2.10. The van der Waals surface area contributed by atoms with Crippen LogP contribution in [0.5, 0.6) is 0 Å². The standard InChI is InChI=1S/C21H16F3N3O/c22-16-9-13(10-17(23)20(16)24)8-12-4-6-26-19(11-12)27-21(28)15-2-1-3-18-14(15)5-7-25-18/h1-4,6,9-11,25H,5,7-8H2,(H,26,27,28). The SMILES string of the molecule is O=C(Nc1cc(Cc2cc(F)c(F)c(F)c2)ccn1)c1cccc2c1CCN2. The van der Waals surface area contributed by atoms with Gasteiger partial charge in [-0.3, -0.25) is 4.79 Å². The first-order valence-electron chi connectivity index (χ1n) is 8.77. The molecule has 1 aromatic heterocycles. The maximum atomic E-state index is 13.4. The van der Waals surface area contributed by atoms with Gasteiger partial charge in [0.25, 0.3) is 5.91 Å². The molecule has 2 aromatic carbocycles. The number of amides is 1. The zero-order valence-corrected chi connectivity index (χ0v) is 14.7. The van der Waals surface area contributed by atoms with Crippen molar-refractivity contribution in [2.75, 3.05) is 17.2 Å². The summed E-state index contributed by atoms with van der Waals surface area (Å²) in [6, 6.07) is 10.7. The Labute approximate surface area is 159 Å². The molecule has 0 radical (unpaired) electrons. The second kappa shape index (κ2) is 7.34. The van der Waals surface area contributed by atoms with Crippen LogP contribution in [0.15, 0.2) is 48.7 Å². The summed E-state index contributed by atoms with van der Waals surface area (Å²) in [5.41, 5.74) is 3.46. The molecule has 28 heavy (non-hydrogen) atoms. The Hall–Kier alpha value is -3.35. The number of pyridine rings is 1. The van der Waals surface area contributed by atoms with Gasteiger partial charge in [0.1, 0.15) is 5.82 Å². The topological polar surface area (TPSA) is 54.0 Å². The first-order chi connectivity index (χ1) is 13.5. The van der Waals surface area contributed by atoms with Gasteiger partial charge < -0.3 is 10.6 Å². The fourth-order valence-corrected chi connectivity index (χ4v) is 3.34. The van der Waals surface area contributed by atoms with Crippen LogP contribution in [0.4, 0.5) is 24.7 Å². The van der Waals surface area contributed by atoms with Crippen molar-refractivity contribution < 1.29 is 18.0 Å². The van der Waals surface area contributed by atoms with Crippen molar-refractivity contribution in [3.8, 4) is 0 Å². The van der Waals surface area contributed by atoms with E-state index in [2.05, 4.69) is 15.6 Å². The third kappa shape index (κ3) is 3.55. The highest BCUT2D eigenvalue weighted by atomic mass is 19.2. The van der Waals surface area contributed by atoms with Crippen LogP contribution in [0.1, 0.15) is 27.0 Å². The predicted octanol–water partition coefficient (Wildman–Crippen LogP) is 4.31. The Bertz CT molecular complexity index is 1050. The number of hydrogen-bond donors (Lipinski definition) is 2. The second-order valence-electron chi connectivity index (χ2n) is 6.56. The lowest BCUT2D eigenvalue weighted by molar-refractivity contribution is 0.102. The summed E-state index contributed by atoms with van der Waals surface area (Å²) in [4.78, 5) is 16.8.